The number of furan rings is 1. The fourth-order valence-electron chi connectivity index (χ4n) is 6.34. The molecule has 0 bridgehead atoms. The highest BCUT2D eigenvalue weighted by molar-refractivity contribution is 5.96. The average molecular weight is 428 g/mol. The van der Waals surface area contributed by atoms with E-state index in [1.165, 1.54) is 6.07 Å². The van der Waals surface area contributed by atoms with E-state index in [2.05, 4.69) is 6.07 Å². The summed E-state index contributed by atoms with van der Waals surface area (Å²) in [5, 5.41) is 1.67. The molecule has 4 atom stereocenters. The van der Waals surface area contributed by atoms with Crippen molar-refractivity contribution in [1.29, 1.82) is 0 Å². The molecule has 6 heteroatoms. The number of fused-ring (bicyclic) bond motifs is 12. The van der Waals surface area contributed by atoms with Crippen LogP contribution < -0.4 is 15.1 Å². The maximum atomic E-state index is 13.2. The van der Waals surface area contributed by atoms with E-state index < -0.39 is 17.1 Å². The molecule has 2 aliphatic heterocycles. The van der Waals surface area contributed by atoms with E-state index in [0.29, 0.717) is 17.1 Å². The van der Waals surface area contributed by atoms with Crippen molar-refractivity contribution < 1.29 is 23.1 Å². The summed E-state index contributed by atoms with van der Waals surface area (Å²) in [5.41, 5.74) is 3.94. The van der Waals surface area contributed by atoms with Crippen molar-refractivity contribution in [2.75, 3.05) is 0 Å². The van der Waals surface area contributed by atoms with Crippen molar-refractivity contribution in [3.63, 3.8) is 0 Å². The second-order valence-electron chi connectivity index (χ2n) is 9.51. The van der Waals surface area contributed by atoms with E-state index >= 15 is 0 Å². The van der Waals surface area contributed by atoms with Crippen molar-refractivity contribution >= 4 is 27.9 Å². The van der Waals surface area contributed by atoms with Gasteiger partial charge < -0.3 is 18.3 Å². The largest absolute Gasteiger partial charge is 0.485 e. The van der Waals surface area contributed by atoms with Crippen molar-refractivity contribution in [3.05, 3.63) is 68.8 Å². The van der Waals surface area contributed by atoms with Gasteiger partial charge in [-0.15, -0.1) is 0 Å². The van der Waals surface area contributed by atoms with Crippen LogP contribution in [0.4, 0.5) is 0 Å². The lowest BCUT2D eigenvalue weighted by Crippen LogP contribution is -2.63. The van der Waals surface area contributed by atoms with Crippen LogP contribution >= 0.6 is 0 Å². The molecular weight excluding hydrogens is 408 g/mol. The minimum absolute atomic E-state index is 0.133. The Labute approximate surface area is 182 Å². The summed E-state index contributed by atoms with van der Waals surface area (Å²) >= 11 is 0. The zero-order chi connectivity index (χ0) is 22.1. The molecule has 160 valence electrons. The highest BCUT2D eigenvalue weighted by Crippen LogP contribution is 2.71. The first-order valence-corrected chi connectivity index (χ1v) is 10.8. The topological polar surface area (TPSA) is 78.9 Å². The van der Waals surface area contributed by atoms with Crippen molar-refractivity contribution in [1.82, 2.24) is 0 Å². The Morgan fingerprint density at radius 1 is 0.875 bits per heavy atom. The van der Waals surface area contributed by atoms with E-state index in [4.69, 9.17) is 18.3 Å². The summed E-state index contributed by atoms with van der Waals surface area (Å²) in [6.45, 7) is 7.84. The van der Waals surface area contributed by atoms with Gasteiger partial charge in [-0.25, -0.2) is 4.79 Å². The lowest BCUT2D eigenvalue weighted by molar-refractivity contribution is -0.165. The fourth-order valence-corrected chi connectivity index (χ4v) is 6.34. The summed E-state index contributed by atoms with van der Waals surface area (Å²) < 4.78 is 23.9. The molecule has 2 aromatic heterocycles. The van der Waals surface area contributed by atoms with Gasteiger partial charge in [-0.3, -0.25) is 4.79 Å². The zero-order valence-electron chi connectivity index (χ0n) is 18.1. The van der Waals surface area contributed by atoms with Crippen LogP contribution in [0.1, 0.15) is 46.8 Å². The van der Waals surface area contributed by atoms with Gasteiger partial charge in [0.05, 0.1) is 5.39 Å². The summed E-state index contributed by atoms with van der Waals surface area (Å²) in [6.07, 6.45) is 0. The number of ether oxygens (including phenoxy) is 2. The molecule has 0 saturated heterocycles. The molecule has 7 rings (SSSR count). The molecule has 6 nitrogen and oxygen atoms in total. The van der Waals surface area contributed by atoms with Crippen LogP contribution in [0.5, 0.6) is 11.5 Å². The van der Waals surface area contributed by atoms with Gasteiger partial charge in [-0.05, 0) is 63.1 Å². The molecule has 3 aliphatic rings. The van der Waals surface area contributed by atoms with E-state index in [1.54, 1.807) is 6.07 Å². The van der Waals surface area contributed by atoms with E-state index in [-0.39, 0.29) is 17.8 Å². The number of rotatable bonds is 0. The predicted molar refractivity (Wildman–Crippen MR) is 117 cm³/mol. The van der Waals surface area contributed by atoms with Crippen LogP contribution in [0.2, 0.25) is 0 Å². The number of hydrogen-bond acceptors (Lipinski definition) is 6. The SMILES string of the molecule is Cc1cc2c3c(cc(C)c2o1)C1C(C(=O)O3)C2(C)Oc3c(C)cc4ccc(=O)oc4c3C12. The molecule has 4 unspecified atom stereocenters. The number of hydrogen-bond donors (Lipinski definition) is 0. The predicted octanol–water partition coefficient (Wildman–Crippen LogP) is 5.03. The fraction of sp³-hybridized carbons (Fsp3) is 0.308. The van der Waals surface area contributed by atoms with Gasteiger partial charge in [0, 0.05) is 34.4 Å². The third-order valence-electron chi connectivity index (χ3n) is 7.58. The molecule has 1 fully saturated rings. The maximum Gasteiger partial charge on any atom is 0.336 e. The summed E-state index contributed by atoms with van der Waals surface area (Å²) in [5.74, 6) is 1.05. The average Bonchev–Trinajstić information content (AvgIpc) is 3.24. The Morgan fingerprint density at radius 3 is 2.50 bits per heavy atom. The minimum Gasteiger partial charge on any atom is -0.485 e. The summed E-state index contributed by atoms with van der Waals surface area (Å²) in [6, 6.07) is 9.16. The normalized spacial score (nSPS) is 27.2. The molecule has 0 amide bonds. The Bertz CT molecular complexity index is 1590. The van der Waals surface area contributed by atoms with E-state index in [0.717, 1.165) is 44.4 Å². The van der Waals surface area contributed by atoms with Crippen LogP contribution in [0.3, 0.4) is 0 Å². The molecule has 4 aromatic rings. The molecular formula is C26H20O6. The highest BCUT2D eigenvalue weighted by atomic mass is 16.6. The van der Waals surface area contributed by atoms with Gasteiger partial charge in [0.1, 0.15) is 39.9 Å². The lowest BCUT2D eigenvalue weighted by atomic mass is 9.50. The summed E-state index contributed by atoms with van der Waals surface area (Å²) in [4.78, 5) is 25.3. The molecule has 0 radical (unpaired) electrons. The summed E-state index contributed by atoms with van der Waals surface area (Å²) in [7, 11) is 0. The molecule has 32 heavy (non-hydrogen) atoms. The number of carbonyl (C=O) groups excluding carboxylic acids is 1. The Balaban J connectivity index is 1.53. The second-order valence-corrected chi connectivity index (χ2v) is 9.51. The monoisotopic (exact) mass is 428 g/mol. The van der Waals surface area contributed by atoms with Crippen molar-refractivity contribution in [2.45, 2.75) is 45.1 Å². The molecule has 1 saturated carbocycles. The van der Waals surface area contributed by atoms with Crippen LogP contribution in [0.25, 0.3) is 21.9 Å². The smallest absolute Gasteiger partial charge is 0.336 e. The number of aryl methyl sites for hydroxylation is 3. The highest BCUT2D eigenvalue weighted by Gasteiger charge is 2.72. The van der Waals surface area contributed by atoms with Gasteiger partial charge in [0.25, 0.3) is 0 Å². The van der Waals surface area contributed by atoms with Crippen LogP contribution in [0, 0.1) is 26.7 Å². The second kappa shape index (κ2) is 5.44. The van der Waals surface area contributed by atoms with Gasteiger partial charge in [0.15, 0.2) is 0 Å². The van der Waals surface area contributed by atoms with Crippen LogP contribution in [-0.4, -0.2) is 11.6 Å². The quantitative estimate of drug-likeness (QED) is 0.222. The standard InChI is InChI=1S/C26H20O6/c1-10-7-13-5-6-16(27)30-23(13)18-19-17-14-8-11(2)21-15(9-12(3)29-21)24(14)31-25(28)20(17)26(19,4)32-22(10)18/h5-9,17,19-20H,1-4H3. The maximum absolute atomic E-state index is 13.2. The van der Waals surface area contributed by atoms with Gasteiger partial charge in [-0.2, -0.15) is 0 Å². The van der Waals surface area contributed by atoms with Crippen molar-refractivity contribution in [2.24, 2.45) is 5.92 Å². The molecule has 0 N–H and O–H groups in total. The van der Waals surface area contributed by atoms with Crippen molar-refractivity contribution in [3.8, 4) is 11.5 Å². The first-order valence-electron chi connectivity index (χ1n) is 10.8. The van der Waals surface area contributed by atoms with E-state index in [1.807, 2.05) is 39.8 Å². The van der Waals surface area contributed by atoms with E-state index in [9.17, 15) is 9.59 Å². The Morgan fingerprint density at radius 2 is 1.69 bits per heavy atom. The van der Waals surface area contributed by atoms with Crippen LogP contribution in [0.15, 0.2) is 44.0 Å². The first-order chi connectivity index (χ1) is 15.3. The molecule has 1 aliphatic carbocycles. The van der Waals surface area contributed by atoms with Crippen LogP contribution in [-0.2, 0) is 4.79 Å². The zero-order valence-corrected chi connectivity index (χ0v) is 18.1. The third kappa shape index (κ3) is 1.92. The lowest BCUT2D eigenvalue weighted by Gasteiger charge is -2.55. The molecule has 0 spiro atoms. The molecule has 2 aromatic carbocycles. The Hall–Kier alpha value is -3.54. The van der Waals surface area contributed by atoms with Gasteiger partial charge in [0.2, 0.25) is 0 Å². The number of benzene rings is 2. The number of esters is 1. The third-order valence-corrected chi connectivity index (χ3v) is 7.58. The minimum atomic E-state index is -0.760. The van der Waals surface area contributed by atoms with Gasteiger partial charge in [-0.1, -0.05) is 0 Å². The Kier molecular flexibility index (Phi) is 3.07. The number of carbonyl (C=O) groups is 1. The van der Waals surface area contributed by atoms with Gasteiger partial charge >= 0.3 is 11.6 Å². The molecule has 4 heterocycles. The first kappa shape index (κ1) is 18.1.